The van der Waals surface area contributed by atoms with Crippen molar-refractivity contribution in [3.63, 3.8) is 0 Å². The van der Waals surface area contributed by atoms with Crippen molar-refractivity contribution in [3.05, 3.63) is 24.3 Å². The second-order valence-corrected chi connectivity index (χ2v) is 5.15. The van der Waals surface area contributed by atoms with Crippen LogP contribution in [0.5, 0.6) is 0 Å². The zero-order chi connectivity index (χ0) is 11.4. The van der Waals surface area contributed by atoms with Crippen LogP contribution in [-0.4, -0.2) is 32.4 Å². The fraction of sp³-hybridized carbons (Fsp3) is 0.538. The molecular weight excluding hydrogens is 216 g/mol. The zero-order valence-electron chi connectivity index (χ0n) is 10.1. The topological polar surface area (TPSA) is 15.3 Å². The number of benzene rings is 1. The lowest BCUT2D eigenvalue weighted by molar-refractivity contribution is 0.449. The van der Waals surface area contributed by atoms with E-state index in [0.29, 0.717) is 6.04 Å². The number of anilines is 1. The highest BCUT2D eigenvalue weighted by atomic mass is 32.2. The Bertz CT molecular complexity index is 323. The molecule has 1 fully saturated rings. The first-order chi connectivity index (χ1) is 7.83. The molecule has 88 valence electrons. The molecule has 0 saturated carbocycles. The molecule has 1 heterocycles. The molecule has 1 unspecified atom stereocenters. The third-order valence-corrected chi connectivity index (χ3v) is 4.01. The third kappa shape index (κ3) is 2.71. The maximum atomic E-state index is 3.38. The quantitative estimate of drug-likeness (QED) is 0.812. The van der Waals surface area contributed by atoms with E-state index in [1.807, 2.05) is 0 Å². The minimum Gasteiger partial charge on any atom is -0.370 e. The molecule has 0 radical (unpaired) electrons. The number of hydrogen-bond donors (Lipinski definition) is 1. The van der Waals surface area contributed by atoms with E-state index in [2.05, 4.69) is 47.8 Å². The summed E-state index contributed by atoms with van der Waals surface area (Å²) < 4.78 is 0. The number of likely N-dealkylation sites (N-methyl/N-ethyl adjacent to an activating group) is 1. The highest BCUT2D eigenvalue weighted by molar-refractivity contribution is 7.98. The van der Waals surface area contributed by atoms with Crippen LogP contribution in [0.3, 0.4) is 0 Å². The Morgan fingerprint density at radius 3 is 2.69 bits per heavy atom. The molecule has 2 nitrogen and oxygen atoms in total. The summed E-state index contributed by atoms with van der Waals surface area (Å²) in [4.78, 5) is 3.82. The highest BCUT2D eigenvalue weighted by Crippen LogP contribution is 2.23. The minimum atomic E-state index is 0.647. The molecule has 1 atom stereocenters. The van der Waals surface area contributed by atoms with Crippen molar-refractivity contribution in [2.24, 2.45) is 0 Å². The SMILES string of the molecule is CNC1CCCN(c2ccc(SC)cc2)C1. The lowest BCUT2D eigenvalue weighted by Gasteiger charge is -2.34. The molecule has 0 bridgehead atoms. The second-order valence-electron chi connectivity index (χ2n) is 4.27. The van der Waals surface area contributed by atoms with Crippen LogP contribution >= 0.6 is 11.8 Å². The molecular formula is C13H20N2S. The summed E-state index contributed by atoms with van der Waals surface area (Å²) >= 11 is 1.80. The molecule has 0 amide bonds. The lowest BCUT2D eigenvalue weighted by atomic mass is 10.1. The molecule has 0 aliphatic carbocycles. The Balaban J connectivity index is 2.05. The molecule has 0 aromatic heterocycles. The van der Waals surface area contributed by atoms with Crippen LogP contribution in [0.25, 0.3) is 0 Å². The third-order valence-electron chi connectivity index (χ3n) is 3.27. The normalized spacial score (nSPS) is 21.1. The molecule has 1 aliphatic heterocycles. The highest BCUT2D eigenvalue weighted by Gasteiger charge is 2.18. The first kappa shape index (κ1) is 11.8. The van der Waals surface area contributed by atoms with Crippen LogP contribution in [0.15, 0.2) is 29.2 Å². The van der Waals surface area contributed by atoms with Crippen LogP contribution in [0, 0.1) is 0 Å². The van der Waals surface area contributed by atoms with E-state index in [-0.39, 0.29) is 0 Å². The molecule has 1 aliphatic rings. The summed E-state index contributed by atoms with van der Waals surface area (Å²) in [7, 11) is 2.06. The van der Waals surface area contributed by atoms with Gasteiger partial charge < -0.3 is 10.2 Å². The van der Waals surface area contributed by atoms with Gasteiger partial charge in [-0.05, 0) is 50.4 Å². The van der Waals surface area contributed by atoms with Crippen molar-refractivity contribution in [2.45, 2.75) is 23.8 Å². The van der Waals surface area contributed by atoms with Crippen molar-refractivity contribution in [1.29, 1.82) is 0 Å². The van der Waals surface area contributed by atoms with Gasteiger partial charge in [0, 0.05) is 29.7 Å². The average molecular weight is 236 g/mol. The van der Waals surface area contributed by atoms with Gasteiger partial charge in [0.05, 0.1) is 0 Å². The van der Waals surface area contributed by atoms with Gasteiger partial charge in [0.1, 0.15) is 0 Å². The summed E-state index contributed by atoms with van der Waals surface area (Å²) in [5, 5.41) is 3.38. The summed E-state index contributed by atoms with van der Waals surface area (Å²) in [5.74, 6) is 0. The van der Waals surface area contributed by atoms with Gasteiger partial charge in [-0.15, -0.1) is 11.8 Å². The van der Waals surface area contributed by atoms with Crippen LogP contribution < -0.4 is 10.2 Å². The van der Waals surface area contributed by atoms with E-state index in [4.69, 9.17) is 0 Å². The number of hydrogen-bond acceptors (Lipinski definition) is 3. The molecule has 1 N–H and O–H groups in total. The van der Waals surface area contributed by atoms with Crippen LogP contribution in [-0.2, 0) is 0 Å². The summed E-state index contributed by atoms with van der Waals surface area (Å²) in [6, 6.07) is 9.55. The van der Waals surface area contributed by atoms with E-state index in [0.717, 1.165) is 6.54 Å². The van der Waals surface area contributed by atoms with Crippen molar-refractivity contribution in [1.82, 2.24) is 5.32 Å². The Kier molecular flexibility index (Phi) is 4.13. The molecule has 2 rings (SSSR count). The number of rotatable bonds is 3. The Morgan fingerprint density at radius 2 is 2.06 bits per heavy atom. The summed E-state index contributed by atoms with van der Waals surface area (Å²) in [5.41, 5.74) is 1.36. The van der Waals surface area contributed by atoms with Crippen molar-refractivity contribution < 1.29 is 0 Å². The van der Waals surface area contributed by atoms with Crippen molar-refractivity contribution in [3.8, 4) is 0 Å². The Hall–Kier alpha value is -0.670. The van der Waals surface area contributed by atoms with Gasteiger partial charge in [-0.25, -0.2) is 0 Å². The van der Waals surface area contributed by atoms with Gasteiger partial charge in [0.2, 0.25) is 0 Å². The van der Waals surface area contributed by atoms with E-state index < -0.39 is 0 Å². The van der Waals surface area contributed by atoms with Crippen molar-refractivity contribution >= 4 is 17.4 Å². The maximum Gasteiger partial charge on any atom is 0.0367 e. The van der Waals surface area contributed by atoms with Gasteiger partial charge in [-0.2, -0.15) is 0 Å². The van der Waals surface area contributed by atoms with Gasteiger partial charge in [0.25, 0.3) is 0 Å². The van der Waals surface area contributed by atoms with Gasteiger partial charge in [0.15, 0.2) is 0 Å². The maximum absolute atomic E-state index is 3.38. The fourth-order valence-electron chi connectivity index (χ4n) is 2.24. The van der Waals surface area contributed by atoms with Crippen LogP contribution in [0.2, 0.25) is 0 Å². The smallest absolute Gasteiger partial charge is 0.0367 e. The van der Waals surface area contributed by atoms with Crippen molar-refractivity contribution in [2.75, 3.05) is 31.3 Å². The molecule has 0 spiro atoms. The number of thioether (sulfide) groups is 1. The van der Waals surface area contributed by atoms with Gasteiger partial charge >= 0.3 is 0 Å². The van der Waals surface area contributed by atoms with E-state index in [9.17, 15) is 0 Å². The summed E-state index contributed by atoms with van der Waals surface area (Å²) in [6.07, 6.45) is 4.71. The molecule has 1 saturated heterocycles. The monoisotopic (exact) mass is 236 g/mol. The summed E-state index contributed by atoms with van der Waals surface area (Å²) in [6.45, 7) is 2.33. The Morgan fingerprint density at radius 1 is 1.31 bits per heavy atom. The molecule has 1 aromatic rings. The zero-order valence-corrected chi connectivity index (χ0v) is 10.9. The average Bonchev–Trinajstić information content (AvgIpc) is 2.39. The molecule has 1 aromatic carbocycles. The minimum absolute atomic E-state index is 0.647. The van der Waals surface area contributed by atoms with Crippen LogP contribution in [0.4, 0.5) is 5.69 Å². The van der Waals surface area contributed by atoms with E-state index in [1.165, 1.54) is 30.0 Å². The lowest BCUT2D eigenvalue weighted by Crippen LogP contribution is -2.44. The van der Waals surface area contributed by atoms with E-state index >= 15 is 0 Å². The van der Waals surface area contributed by atoms with Gasteiger partial charge in [-0.3, -0.25) is 0 Å². The molecule has 3 heteroatoms. The first-order valence-corrected chi connectivity index (χ1v) is 7.12. The first-order valence-electron chi connectivity index (χ1n) is 5.89. The predicted molar refractivity (Wildman–Crippen MR) is 72.5 cm³/mol. The van der Waals surface area contributed by atoms with Gasteiger partial charge in [-0.1, -0.05) is 0 Å². The largest absolute Gasteiger partial charge is 0.370 e. The number of piperidine rings is 1. The number of nitrogens with zero attached hydrogens (tertiary/aromatic N) is 1. The standard InChI is InChI=1S/C13H20N2S/c1-14-11-4-3-9-15(10-11)12-5-7-13(16-2)8-6-12/h5-8,11,14H,3-4,9-10H2,1-2H3. The second kappa shape index (κ2) is 5.60. The fourth-order valence-corrected chi connectivity index (χ4v) is 2.65. The van der Waals surface area contributed by atoms with E-state index in [1.54, 1.807) is 11.8 Å². The van der Waals surface area contributed by atoms with Crippen LogP contribution in [0.1, 0.15) is 12.8 Å². The molecule has 16 heavy (non-hydrogen) atoms. The predicted octanol–water partition coefficient (Wildman–Crippen LogP) is 2.60. The Labute approximate surface area is 102 Å². The number of nitrogens with one attached hydrogen (secondary N) is 1.